The van der Waals surface area contributed by atoms with Crippen LogP contribution in [-0.4, -0.2) is 43.0 Å². The molecule has 0 saturated heterocycles. The topological polar surface area (TPSA) is 142 Å². The lowest BCUT2D eigenvalue weighted by Gasteiger charge is -2.28. The highest BCUT2D eigenvalue weighted by atomic mass is 31.2. The van der Waals surface area contributed by atoms with E-state index in [9.17, 15) is 19.3 Å². The number of aliphatic hydroxyl groups is 1. The van der Waals surface area contributed by atoms with Crippen LogP contribution < -0.4 is 11.2 Å². The van der Waals surface area contributed by atoms with Gasteiger partial charge in [-0.2, -0.15) is 0 Å². The number of nitrogens with zero attached hydrogens (tertiary/aromatic N) is 1. The van der Waals surface area contributed by atoms with Gasteiger partial charge in [-0.1, -0.05) is 0 Å². The van der Waals surface area contributed by atoms with Crippen molar-refractivity contribution in [3.63, 3.8) is 0 Å². The van der Waals surface area contributed by atoms with Crippen LogP contribution >= 0.6 is 7.60 Å². The molecule has 1 atom stereocenters. The van der Waals surface area contributed by atoms with Gasteiger partial charge < -0.3 is 19.6 Å². The summed E-state index contributed by atoms with van der Waals surface area (Å²) in [5.74, 6) is 0. The van der Waals surface area contributed by atoms with E-state index in [2.05, 4.69) is 0 Å². The molecule has 0 aromatic carbocycles. The van der Waals surface area contributed by atoms with Crippen molar-refractivity contribution >= 4 is 7.60 Å². The van der Waals surface area contributed by atoms with Gasteiger partial charge in [0.05, 0.1) is 13.2 Å². The highest BCUT2D eigenvalue weighted by molar-refractivity contribution is 7.51. The first-order chi connectivity index (χ1) is 8.65. The second kappa shape index (κ2) is 5.81. The Kier molecular flexibility index (Phi) is 4.83. The maximum atomic E-state index is 11.5. The van der Waals surface area contributed by atoms with E-state index >= 15 is 0 Å². The number of H-pyrrole nitrogens is 1. The van der Waals surface area contributed by atoms with Gasteiger partial charge in [-0.15, -0.1) is 0 Å². The summed E-state index contributed by atoms with van der Waals surface area (Å²) >= 11 is 0. The molecule has 4 N–H and O–H groups in total. The number of ether oxygens (including phenoxy) is 1. The third kappa shape index (κ3) is 5.09. The van der Waals surface area contributed by atoms with E-state index in [0.29, 0.717) is 0 Å². The first-order valence-corrected chi connectivity index (χ1v) is 7.04. The quantitative estimate of drug-likeness (QED) is 0.465. The molecule has 108 valence electrons. The predicted molar refractivity (Wildman–Crippen MR) is 64.8 cm³/mol. The molecule has 0 aliphatic rings. The molecule has 1 rings (SSSR count). The number of aromatic nitrogens is 2. The van der Waals surface area contributed by atoms with Gasteiger partial charge in [-0.05, 0) is 6.92 Å². The van der Waals surface area contributed by atoms with E-state index in [4.69, 9.17) is 14.5 Å². The summed E-state index contributed by atoms with van der Waals surface area (Å²) in [6.07, 6.45) is 0.331. The van der Waals surface area contributed by atoms with Gasteiger partial charge in [0, 0.05) is 12.3 Å². The Labute approximate surface area is 107 Å². The van der Waals surface area contributed by atoms with Gasteiger partial charge in [-0.3, -0.25) is 18.9 Å². The van der Waals surface area contributed by atoms with Crippen molar-refractivity contribution in [2.75, 3.05) is 13.0 Å². The fourth-order valence-electron chi connectivity index (χ4n) is 1.31. The van der Waals surface area contributed by atoms with Gasteiger partial charge in [0.1, 0.15) is 11.9 Å². The smallest absolute Gasteiger partial charge is 0.351 e. The fourth-order valence-corrected chi connectivity index (χ4v) is 1.79. The lowest BCUT2D eigenvalue weighted by molar-refractivity contribution is -0.0635. The highest BCUT2D eigenvalue weighted by Crippen LogP contribution is 2.35. The normalized spacial score (nSPS) is 15.2. The molecule has 0 aliphatic heterocycles. The zero-order valence-electron chi connectivity index (χ0n) is 10.1. The van der Waals surface area contributed by atoms with Crippen molar-refractivity contribution in [2.45, 2.75) is 19.1 Å². The second-order valence-electron chi connectivity index (χ2n) is 4.28. The average molecular weight is 294 g/mol. The van der Waals surface area contributed by atoms with Gasteiger partial charge >= 0.3 is 13.3 Å². The number of rotatable bonds is 6. The van der Waals surface area contributed by atoms with E-state index in [1.54, 1.807) is 0 Å². The largest absolute Gasteiger partial charge is 0.393 e. The van der Waals surface area contributed by atoms with Crippen molar-refractivity contribution in [3.8, 4) is 0 Å². The van der Waals surface area contributed by atoms with Crippen LogP contribution in [0.25, 0.3) is 0 Å². The molecule has 1 unspecified atom stereocenters. The minimum atomic E-state index is -4.38. The third-order valence-corrected chi connectivity index (χ3v) is 2.78. The summed E-state index contributed by atoms with van der Waals surface area (Å²) in [6.45, 7) is 0.665. The Morgan fingerprint density at radius 2 is 2.11 bits per heavy atom. The SMILES string of the molecule is CC(CO)(Cn1ccc(=O)[nH]c1=O)OCP(=O)(O)O. The molecule has 1 heterocycles. The van der Waals surface area contributed by atoms with Crippen molar-refractivity contribution in [1.82, 2.24) is 9.55 Å². The van der Waals surface area contributed by atoms with Gasteiger partial charge in [-0.25, -0.2) is 4.79 Å². The predicted octanol–water partition coefficient (Wildman–Crippen LogP) is -1.56. The first kappa shape index (κ1) is 15.8. The Hall–Kier alpha value is -1.25. The summed E-state index contributed by atoms with van der Waals surface area (Å²) in [5, 5.41) is 9.22. The third-order valence-electron chi connectivity index (χ3n) is 2.32. The number of hydrogen-bond acceptors (Lipinski definition) is 5. The van der Waals surface area contributed by atoms with Crippen molar-refractivity contribution < 1.29 is 24.2 Å². The van der Waals surface area contributed by atoms with E-state index < -0.39 is 37.4 Å². The minimum Gasteiger partial charge on any atom is -0.393 e. The number of aliphatic hydroxyl groups excluding tert-OH is 1. The van der Waals surface area contributed by atoms with Crippen LogP contribution in [0.4, 0.5) is 0 Å². The lowest BCUT2D eigenvalue weighted by Crippen LogP contribution is -2.42. The maximum absolute atomic E-state index is 11.5. The molecule has 9 nitrogen and oxygen atoms in total. The second-order valence-corrected chi connectivity index (χ2v) is 5.87. The molecular weight excluding hydrogens is 279 g/mol. The minimum absolute atomic E-state index is 0.168. The van der Waals surface area contributed by atoms with Crippen LogP contribution in [0, 0.1) is 0 Å². The fraction of sp³-hybridized carbons (Fsp3) is 0.556. The van der Waals surface area contributed by atoms with Crippen LogP contribution in [0.1, 0.15) is 6.92 Å². The van der Waals surface area contributed by atoms with Crippen LogP contribution in [0.15, 0.2) is 21.9 Å². The summed E-state index contributed by atoms with van der Waals surface area (Å²) in [7, 11) is -4.38. The Bertz CT molecular complexity index is 589. The molecule has 0 amide bonds. The first-order valence-electron chi connectivity index (χ1n) is 5.24. The van der Waals surface area contributed by atoms with Gasteiger partial charge in [0.2, 0.25) is 0 Å². The van der Waals surface area contributed by atoms with E-state index in [-0.39, 0.29) is 6.54 Å². The molecule has 0 saturated carbocycles. The zero-order valence-corrected chi connectivity index (χ0v) is 11.0. The molecule has 1 aromatic heterocycles. The van der Waals surface area contributed by atoms with Crippen LogP contribution in [0.5, 0.6) is 0 Å². The molecule has 0 spiro atoms. The average Bonchev–Trinajstić information content (AvgIpc) is 2.30. The molecule has 19 heavy (non-hydrogen) atoms. The van der Waals surface area contributed by atoms with Crippen molar-refractivity contribution in [1.29, 1.82) is 0 Å². The van der Waals surface area contributed by atoms with Crippen molar-refractivity contribution in [3.05, 3.63) is 33.1 Å². The Balaban J connectivity index is 2.88. The molecule has 0 fully saturated rings. The Morgan fingerprint density at radius 1 is 1.47 bits per heavy atom. The maximum Gasteiger partial charge on any atom is 0.351 e. The van der Waals surface area contributed by atoms with E-state index in [1.165, 1.54) is 13.1 Å². The summed E-state index contributed by atoms with van der Waals surface area (Å²) < 4.78 is 16.8. The highest BCUT2D eigenvalue weighted by Gasteiger charge is 2.29. The molecule has 1 aromatic rings. The van der Waals surface area contributed by atoms with Gasteiger partial charge in [0.15, 0.2) is 0 Å². The lowest BCUT2D eigenvalue weighted by atomic mass is 10.1. The number of nitrogens with one attached hydrogen (secondary N) is 1. The molecule has 0 radical (unpaired) electrons. The molecule has 0 aliphatic carbocycles. The van der Waals surface area contributed by atoms with Gasteiger partial charge in [0.25, 0.3) is 5.56 Å². The zero-order chi connectivity index (χ0) is 14.7. The number of aromatic amines is 1. The van der Waals surface area contributed by atoms with Crippen molar-refractivity contribution in [2.24, 2.45) is 0 Å². The monoisotopic (exact) mass is 294 g/mol. The van der Waals surface area contributed by atoms with Crippen LogP contribution in [-0.2, 0) is 15.8 Å². The van der Waals surface area contributed by atoms with E-state index in [1.807, 2.05) is 4.98 Å². The Morgan fingerprint density at radius 3 is 2.58 bits per heavy atom. The summed E-state index contributed by atoms with van der Waals surface area (Å²) in [5.41, 5.74) is -2.63. The van der Waals surface area contributed by atoms with Crippen LogP contribution in [0.3, 0.4) is 0 Å². The molecule has 10 heteroatoms. The standard InChI is InChI=1S/C9H15N2O7P/c1-9(5-12,18-6-19(15,16)17)4-11-3-2-7(13)10-8(11)14/h2-3,12H,4-6H2,1H3,(H,10,13,14)(H2,15,16,17). The number of hydrogen-bond donors (Lipinski definition) is 4. The molecule has 0 bridgehead atoms. The summed E-state index contributed by atoms with van der Waals surface area (Å²) in [4.78, 5) is 41.8. The summed E-state index contributed by atoms with van der Waals surface area (Å²) in [6, 6.07) is 1.11. The van der Waals surface area contributed by atoms with E-state index in [0.717, 1.165) is 10.6 Å². The van der Waals surface area contributed by atoms with Crippen LogP contribution in [0.2, 0.25) is 0 Å². The molecular formula is C9H15N2O7P.